The van der Waals surface area contributed by atoms with Crippen molar-refractivity contribution < 1.29 is 0 Å². The molecule has 0 saturated carbocycles. The second-order valence-corrected chi connectivity index (χ2v) is 0. The van der Waals surface area contributed by atoms with Gasteiger partial charge in [0.2, 0.25) is 0 Å². The molecule has 0 bridgehead atoms. The van der Waals surface area contributed by atoms with Gasteiger partial charge in [-0.2, -0.15) is 0 Å². The molecule has 0 amide bonds. The van der Waals surface area contributed by atoms with Crippen LogP contribution in [0, 0.1) is 0 Å². The van der Waals surface area contributed by atoms with Gasteiger partial charge in [0.05, 0.1) is 8.41 Å². The van der Waals surface area contributed by atoms with Crippen LogP contribution in [0.2, 0.25) is 0 Å². The van der Waals surface area contributed by atoms with E-state index in [4.69, 9.17) is 0 Å². The standard InChI is InChI=1S/BH3.Ca.Mg.H4Si.4H/h1H3;;;1H4;;;;. The summed E-state index contributed by atoms with van der Waals surface area (Å²) in [6, 6.07) is 0. The van der Waals surface area contributed by atoms with E-state index in [1.54, 1.807) is 0 Å². The Morgan fingerprint density at radius 3 is 1.00 bits per heavy atom. The van der Waals surface area contributed by atoms with Gasteiger partial charge in [-0.3, -0.25) is 0 Å². The second-order valence-electron chi connectivity index (χ2n) is 0. The monoisotopic (exact) mass is 114 g/mol. The molecule has 0 aliphatic carbocycles. The Balaban J connectivity index is 0. The Morgan fingerprint density at radius 1 is 1.00 bits per heavy atom. The molecule has 0 aromatic rings. The Hall–Kier alpha value is 2.31. The molecule has 0 spiro atoms. The first-order valence-corrected chi connectivity index (χ1v) is 0. The van der Waals surface area contributed by atoms with Crippen LogP contribution in [0.25, 0.3) is 0 Å². The first kappa shape index (κ1) is 33.4. The Morgan fingerprint density at radius 2 is 1.00 bits per heavy atom. The second kappa shape index (κ2) is 18.5. The van der Waals surface area contributed by atoms with Crippen molar-refractivity contribution in [2.45, 2.75) is 0 Å². The average Bonchev–Trinajstić information content (AvgIpc) is 0. The molecule has 0 fully saturated rings. The molecule has 0 aromatic heterocycles. The van der Waals surface area contributed by atoms with E-state index in [9.17, 15) is 0 Å². The Kier molecular flexibility index (Phi) is 154. The maximum atomic E-state index is 0. The van der Waals surface area contributed by atoms with Gasteiger partial charge in [-0.15, -0.1) is 0 Å². The number of rotatable bonds is 0. The summed E-state index contributed by atoms with van der Waals surface area (Å²) >= 11 is 0. The van der Waals surface area contributed by atoms with Crippen LogP contribution < -0.4 is 0 Å². The van der Waals surface area contributed by atoms with Gasteiger partial charge in [0.15, 0.2) is 0 Å². The molecule has 0 heterocycles. The van der Waals surface area contributed by atoms with Gasteiger partial charge in [-0.25, -0.2) is 0 Å². The average molecular weight is 114 g/mol. The fraction of sp³-hybridized carbons (Fsp3) is 0. The summed E-state index contributed by atoms with van der Waals surface area (Å²) in [6.07, 6.45) is 0. The summed E-state index contributed by atoms with van der Waals surface area (Å²) in [5.74, 6) is 0. The molecule has 0 aliphatic rings. The third kappa shape index (κ3) is 8.85. The van der Waals surface area contributed by atoms with Crippen LogP contribution in [0.4, 0.5) is 0 Å². The van der Waals surface area contributed by atoms with Crippen LogP contribution >= 0.6 is 0 Å². The molecular formula is H11BCaMgSi. The molecule has 0 atom stereocenters. The van der Waals surface area contributed by atoms with E-state index in [-0.39, 0.29) is 80.2 Å². The minimum absolute atomic E-state index is 0. The maximum Gasteiger partial charge on any atom is 0.316 e. The third-order valence-corrected chi connectivity index (χ3v) is 0. The van der Waals surface area contributed by atoms with Gasteiger partial charge in [0.25, 0.3) is 0 Å². The van der Waals surface area contributed by atoms with Crippen LogP contribution in [0.3, 0.4) is 0 Å². The normalized spacial score (nSPS) is 0. The molecule has 0 radical (unpaired) electrons. The van der Waals surface area contributed by atoms with Gasteiger partial charge < -0.3 is 0 Å². The van der Waals surface area contributed by atoms with E-state index in [0.29, 0.717) is 0 Å². The van der Waals surface area contributed by atoms with Crippen molar-refractivity contribution in [2.24, 2.45) is 0 Å². The van der Waals surface area contributed by atoms with Gasteiger partial charge in [0, 0.05) is 0 Å². The zero-order chi connectivity index (χ0) is 0. The van der Waals surface area contributed by atoms with Crippen LogP contribution in [0.1, 0.15) is 0 Å². The zero-order valence-electron chi connectivity index (χ0n) is 0. The Bertz CT molecular complexity index is 8.00. The third-order valence-electron chi connectivity index (χ3n) is 0. The summed E-state index contributed by atoms with van der Waals surface area (Å²) < 4.78 is 0. The fourth-order valence-electron chi connectivity index (χ4n) is 0. The molecule has 0 rings (SSSR count). The first-order valence-electron chi connectivity index (χ1n) is 0. The van der Waals surface area contributed by atoms with Gasteiger partial charge in [-0.1, -0.05) is 0 Å². The van der Waals surface area contributed by atoms with Gasteiger partial charge in [0.1, 0.15) is 0 Å². The molecule has 0 aliphatic heterocycles. The fourth-order valence-corrected chi connectivity index (χ4v) is 0. The first-order chi connectivity index (χ1) is 0. The Labute approximate surface area is 78.8 Å². The van der Waals surface area contributed by atoms with Crippen molar-refractivity contribution in [3.05, 3.63) is 0 Å². The van der Waals surface area contributed by atoms with Crippen molar-refractivity contribution >= 4 is 80.2 Å². The van der Waals surface area contributed by atoms with E-state index in [1.165, 1.54) is 0 Å². The molecule has 0 aromatic carbocycles. The smallest absolute Gasteiger partial charge is 0.0149 e. The van der Waals surface area contributed by atoms with E-state index in [1.807, 2.05) is 0 Å². The minimum Gasteiger partial charge on any atom is -0.0149 e. The van der Waals surface area contributed by atoms with Crippen LogP contribution in [0.15, 0.2) is 0 Å². The van der Waals surface area contributed by atoms with Crippen LogP contribution in [-0.2, 0) is 0 Å². The van der Waals surface area contributed by atoms with Gasteiger partial charge in [-0.05, 0) is 11.0 Å². The number of hydrogen-bond acceptors (Lipinski definition) is 0. The van der Waals surface area contributed by atoms with Crippen molar-refractivity contribution in [3.63, 3.8) is 0 Å². The van der Waals surface area contributed by atoms with Crippen LogP contribution in [-0.4, -0.2) is 80.2 Å². The van der Waals surface area contributed by atoms with Crippen molar-refractivity contribution in [2.75, 3.05) is 0 Å². The summed E-state index contributed by atoms with van der Waals surface area (Å²) in [7, 11) is 0. The van der Waals surface area contributed by atoms with E-state index in [2.05, 4.69) is 0 Å². The molecule has 0 N–H and O–H groups in total. The van der Waals surface area contributed by atoms with E-state index >= 15 is 0 Å². The summed E-state index contributed by atoms with van der Waals surface area (Å²) in [5, 5.41) is 0. The predicted molar refractivity (Wildman–Crippen MR) is 38.4 cm³/mol. The van der Waals surface area contributed by atoms with E-state index < -0.39 is 0 Å². The van der Waals surface area contributed by atoms with Crippen molar-refractivity contribution in [3.8, 4) is 0 Å². The summed E-state index contributed by atoms with van der Waals surface area (Å²) in [4.78, 5) is 0. The van der Waals surface area contributed by atoms with Crippen molar-refractivity contribution in [1.82, 2.24) is 0 Å². The summed E-state index contributed by atoms with van der Waals surface area (Å²) in [6.45, 7) is 0. The molecule has 4 heavy (non-hydrogen) atoms. The number of hydrogen-bond donors (Lipinski definition) is 0. The van der Waals surface area contributed by atoms with Crippen molar-refractivity contribution in [1.29, 1.82) is 0 Å². The zero-order valence-corrected chi connectivity index (χ0v) is 0. The van der Waals surface area contributed by atoms with E-state index in [0.717, 1.165) is 0 Å². The molecule has 0 unspecified atom stereocenters. The largest absolute Gasteiger partial charge is 0.316 e. The minimum atomic E-state index is 0. The SMILES string of the molecule is B.[CaH2].[MgH2].[SiH4]. The van der Waals surface area contributed by atoms with Crippen LogP contribution in [0.5, 0.6) is 0 Å². The quantitative estimate of drug-likeness (QED) is 0.279. The molecule has 0 saturated heterocycles. The summed E-state index contributed by atoms with van der Waals surface area (Å²) in [5.41, 5.74) is 0. The topological polar surface area (TPSA) is 0 Å². The molecular weight excluding hydrogens is 103 g/mol. The predicted octanol–water partition coefficient (Wildman–Crippen LogP) is -4.47. The molecule has 22 valence electrons. The molecule has 4 heteroatoms. The maximum absolute atomic E-state index is 0. The van der Waals surface area contributed by atoms with Gasteiger partial charge >= 0.3 is 60.8 Å². The molecule has 0 nitrogen and oxygen atoms in total.